The number of anilines is 1. The maximum atomic E-state index is 12.4. The second kappa shape index (κ2) is 5.92. The first-order chi connectivity index (χ1) is 9.49. The molecule has 2 N–H and O–H groups in total. The van der Waals surface area contributed by atoms with Gasteiger partial charge < -0.3 is 10.6 Å². The van der Waals surface area contributed by atoms with Crippen molar-refractivity contribution in [2.24, 2.45) is 0 Å². The molecule has 2 aromatic rings. The molecule has 0 atom stereocenters. The Bertz CT molecular complexity index is 643. The third-order valence-electron chi connectivity index (χ3n) is 3.12. The van der Waals surface area contributed by atoms with Gasteiger partial charge in [-0.25, -0.2) is 4.98 Å². The molecule has 0 saturated heterocycles. The normalized spacial score (nSPS) is 10.3. The number of amides is 1. The fraction of sp³-hybridized carbons (Fsp3) is 0.200. The highest BCUT2D eigenvalue weighted by molar-refractivity contribution is 6.33. The Balaban J connectivity index is 2.21. The van der Waals surface area contributed by atoms with E-state index in [0.29, 0.717) is 17.1 Å². The van der Waals surface area contributed by atoms with E-state index in [2.05, 4.69) is 4.98 Å². The lowest BCUT2D eigenvalue weighted by molar-refractivity contribution is 0.0785. The van der Waals surface area contributed by atoms with Crippen LogP contribution < -0.4 is 5.73 Å². The zero-order valence-electron chi connectivity index (χ0n) is 11.4. The highest BCUT2D eigenvalue weighted by atomic mass is 35.5. The van der Waals surface area contributed by atoms with E-state index in [9.17, 15) is 4.79 Å². The third-order valence-corrected chi connectivity index (χ3v) is 3.42. The zero-order valence-corrected chi connectivity index (χ0v) is 12.2. The number of nitrogens with zero attached hydrogens (tertiary/aromatic N) is 2. The molecule has 5 heteroatoms. The van der Waals surface area contributed by atoms with E-state index in [1.807, 2.05) is 31.2 Å². The van der Waals surface area contributed by atoms with Crippen LogP contribution in [0.5, 0.6) is 0 Å². The first-order valence-electron chi connectivity index (χ1n) is 6.20. The number of aromatic nitrogens is 1. The van der Waals surface area contributed by atoms with Crippen molar-refractivity contribution in [3.63, 3.8) is 0 Å². The Kier molecular flexibility index (Phi) is 4.25. The molecule has 0 radical (unpaired) electrons. The van der Waals surface area contributed by atoms with Gasteiger partial charge in [0.1, 0.15) is 5.82 Å². The first-order valence-corrected chi connectivity index (χ1v) is 6.58. The van der Waals surface area contributed by atoms with Crippen molar-refractivity contribution < 1.29 is 4.79 Å². The molecule has 0 aliphatic carbocycles. The lowest BCUT2D eigenvalue weighted by atomic mass is 10.1. The standard InChI is InChI=1S/C15H16ClN3O/c1-10-5-3-4-6-11(10)9-19(2)15(20)12-7-14(17)18-8-13(12)16/h3-8H,9H2,1-2H3,(H2,17,18). The van der Waals surface area contributed by atoms with E-state index in [0.717, 1.165) is 11.1 Å². The average Bonchev–Trinajstić information content (AvgIpc) is 2.43. The molecule has 1 aromatic heterocycles. The van der Waals surface area contributed by atoms with Crippen molar-refractivity contribution in [1.82, 2.24) is 9.88 Å². The van der Waals surface area contributed by atoms with Crippen molar-refractivity contribution in [3.8, 4) is 0 Å². The Morgan fingerprint density at radius 3 is 2.80 bits per heavy atom. The second-order valence-electron chi connectivity index (χ2n) is 4.68. The molecule has 1 heterocycles. The summed E-state index contributed by atoms with van der Waals surface area (Å²) >= 11 is 6.00. The van der Waals surface area contributed by atoms with Gasteiger partial charge in [-0.1, -0.05) is 35.9 Å². The molecule has 1 aromatic carbocycles. The lowest BCUT2D eigenvalue weighted by Gasteiger charge is -2.19. The molecule has 0 aliphatic rings. The number of pyridine rings is 1. The van der Waals surface area contributed by atoms with E-state index < -0.39 is 0 Å². The van der Waals surface area contributed by atoms with Gasteiger partial charge in [0.25, 0.3) is 5.91 Å². The SMILES string of the molecule is Cc1ccccc1CN(C)C(=O)c1cc(N)ncc1Cl. The Labute approximate surface area is 123 Å². The van der Waals surface area contributed by atoms with Gasteiger partial charge in [-0.05, 0) is 24.1 Å². The molecule has 0 spiro atoms. The predicted octanol–water partition coefficient (Wildman–Crippen LogP) is 2.90. The predicted molar refractivity (Wildman–Crippen MR) is 80.6 cm³/mol. The van der Waals surface area contributed by atoms with Crippen LogP contribution >= 0.6 is 11.6 Å². The van der Waals surface area contributed by atoms with Gasteiger partial charge in [0.15, 0.2) is 0 Å². The van der Waals surface area contributed by atoms with Crippen molar-refractivity contribution >= 4 is 23.3 Å². The second-order valence-corrected chi connectivity index (χ2v) is 5.08. The molecule has 0 unspecified atom stereocenters. The van der Waals surface area contributed by atoms with Crippen molar-refractivity contribution in [1.29, 1.82) is 0 Å². The van der Waals surface area contributed by atoms with Crippen molar-refractivity contribution in [2.45, 2.75) is 13.5 Å². The fourth-order valence-corrected chi connectivity index (χ4v) is 2.12. The number of hydrogen-bond acceptors (Lipinski definition) is 3. The summed E-state index contributed by atoms with van der Waals surface area (Å²) in [5, 5.41) is 0.306. The molecular weight excluding hydrogens is 274 g/mol. The molecule has 104 valence electrons. The van der Waals surface area contributed by atoms with Crippen molar-refractivity contribution in [2.75, 3.05) is 12.8 Å². The lowest BCUT2D eigenvalue weighted by Crippen LogP contribution is -2.27. The van der Waals surface area contributed by atoms with Crippen molar-refractivity contribution in [3.05, 3.63) is 58.2 Å². The number of rotatable bonds is 3. The molecule has 0 aliphatic heterocycles. The summed E-state index contributed by atoms with van der Waals surface area (Å²) in [6.07, 6.45) is 1.39. The van der Waals surface area contributed by atoms with Gasteiger partial charge >= 0.3 is 0 Å². The summed E-state index contributed by atoms with van der Waals surface area (Å²) in [6, 6.07) is 9.45. The van der Waals surface area contributed by atoms with Crippen LogP contribution in [0.1, 0.15) is 21.5 Å². The Hall–Kier alpha value is -2.07. The highest BCUT2D eigenvalue weighted by Gasteiger charge is 2.16. The topological polar surface area (TPSA) is 59.2 Å². The largest absolute Gasteiger partial charge is 0.384 e. The summed E-state index contributed by atoms with van der Waals surface area (Å²) in [7, 11) is 1.74. The number of hydrogen-bond donors (Lipinski definition) is 1. The number of nitrogen functional groups attached to an aromatic ring is 1. The average molecular weight is 290 g/mol. The van der Waals surface area contributed by atoms with Crippen LogP contribution in [-0.4, -0.2) is 22.8 Å². The van der Waals surface area contributed by atoms with E-state index in [1.54, 1.807) is 11.9 Å². The summed E-state index contributed by atoms with van der Waals surface area (Å²) in [5.74, 6) is 0.106. The highest BCUT2D eigenvalue weighted by Crippen LogP contribution is 2.19. The van der Waals surface area contributed by atoms with Gasteiger partial charge in [-0.15, -0.1) is 0 Å². The van der Waals surface area contributed by atoms with Crippen LogP contribution in [0.3, 0.4) is 0 Å². The molecule has 0 fully saturated rings. The van der Waals surface area contributed by atoms with Crippen LogP contribution in [-0.2, 0) is 6.54 Å². The van der Waals surface area contributed by atoms with Crippen LogP contribution in [0.15, 0.2) is 36.5 Å². The molecule has 4 nitrogen and oxygen atoms in total. The molecule has 0 bridgehead atoms. The van der Waals surface area contributed by atoms with Gasteiger partial charge in [-0.3, -0.25) is 4.79 Å². The quantitative estimate of drug-likeness (QED) is 0.945. The molecule has 20 heavy (non-hydrogen) atoms. The Morgan fingerprint density at radius 1 is 1.40 bits per heavy atom. The fourth-order valence-electron chi connectivity index (χ4n) is 1.94. The van der Waals surface area contributed by atoms with E-state index in [1.165, 1.54) is 12.3 Å². The van der Waals surface area contributed by atoms with Crippen LogP contribution in [0, 0.1) is 6.92 Å². The van der Waals surface area contributed by atoms with Gasteiger partial charge in [0.05, 0.1) is 10.6 Å². The minimum absolute atomic E-state index is 0.174. The number of halogens is 1. The number of carbonyl (C=O) groups is 1. The number of benzene rings is 1. The minimum Gasteiger partial charge on any atom is -0.384 e. The van der Waals surface area contributed by atoms with E-state index in [-0.39, 0.29) is 11.7 Å². The zero-order chi connectivity index (χ0) is 14.7. The number of carbonyl (C=O) groups excluding carboxylic acids is 1. The van der Waals surface area contributed by atoms with Gasteiger partial charge in [0, 0.05) is 19.8 Å². The molecule has 0 saturated carbocycles. The van der Waals surface area contributed by atoms with E-state index in [4.69, 9.17) is 17.3 Å². The maximum absolute atomic E-state index is 12.4. The Morgan fingerprint density at radius 2 is 2.10 bits per heavy atom. The molecule has 2 rings (SSSR count). The molecular formula is C15H16ClN3O. The number of aryl methyl sites for hydroxylation is 1. The van der Waals surface area contributed by atoms with E-state index >= 15 is 0 Å². The smallest absolute Gasteiger partial charge is 0.255 e. The third kappa shape index (κ3) is 3.08. The summed E-state index contributed by atoms with van der Waals surface area (Å²) in [5.41, 5.74) is 8.22. The number of nitrogens with two attached hydrogens (primary N) is 1. The summed E-state index contributed by atoms with van der Waals surface area (Å²) in [6.45, 7) is 2.54. The minimum atomic E-state index is -0.174. The summed E-state index contributed by atoms with van der Waals surface area (Å²) in [4.78, 5) is 17.9. The van der Waals surface area contributed by atoms with Crippen LogP contribution in [0.2, 0.25) is 5.02 Å². The monoisotopic (exact) mass is 289 g/mol. The van der Waals surface area contributed by atoms with Gasteiger partial charge in [-0.2, -0.15) is 0 Å². The van der Waals surface area contributed by atoms with Crippen LogP contribution in [0.4, 0.5) is 5.82 Å². The van der Waals surface area contributed by atoms with Crippen LogP contribution in [0.25, 0.3) is 0 Å². The molecule has 1 amide bonds. The van der Waals surface area contributed by atoms with Gasteiger partial charge in [0.2, 0.25) is 0 Å². The maximum Gasteiger partial charge on any atom is 0.255 e. The summed E-state index contributed by atoms with van der Waals surface area (Å²) < 4.78 is 0. The first kappa shape index (κ1) is 14.3.